The van der Waals surface area contributed by atoms with Crippen molar-refractivity contribution in [3.63, 3.8) is 0 Å². The van der Waals surface area contributed by atoms with Crippen molar-refractivity contribution >= 4 is 0 Å². The zero-order chi connectivity index (χ0) is 10.4. The van der Waals surface area contributed by atoms with E-state index in [1.165, 1.54) is 0 Å². The average molecular weight is 196 g/mol. The molecule has 0 aliphatic carbocycles. The molecule has 14 heavy (non-hydrogen) atoms. The second-order valence-corrected chi connectivity index (χ2v) is 3.25. The first-order chi connectivity index (χ1) is 6.74. The van der Waals surface area contributed by atoms with Gasteiger partial charge in [0.1, 0.15) is 0 Å². The van der Waals surface area contributed by atoms with Gasteiger partial charge in [-0.3, -0.25) is 4.98 Å². The molecule has 0 aliphatic rings. The van der Waals surface area contributed by atoms with Gasteiger partial charge in [0, 0.05) is 25.0 Å². The number of aromatic nitrogens is 1. The molecule has 1 heterocycles. The van der Waals surface area contributed by atoms with E-state index in [4.69, 9.17) is 10.2 Å². The van der Waals surface area contributed by atoms with Gasteiger partial charge in [-0.2, -0.15) is 0 Å². The van der Waals surface area contributed by atoms with Crippen molar-refractivity contribution < 1.29 is 10.2 Å². The van der Waals surface area contributed by atoms with E-state index < -0.39 is 6.10 Å². The molecule has 1 rings (SSSR count). The molecule has 0 aromatic carbocycles. The van der Waals surface area contributed by atoms with E-state index in [1.807, 2.05) is 19.1 Å². The van der Waals surface area contributed by atoms with E-state index in [2.05, 4.69) is 10.3 Å². The van der Waals surface area contributed by atoms with Crippen LogP contribution < -0.4 is 5.32 Å². The van der Waals surface area contributed by atoms with Gasteiger partial charge in [0.05, 0.1) is 12.7 Å². The summed E-state index contributed by atoms with van der Waals surface area (Å²) in [5.74, 6) is 0. The summed E-state index contributed by atoms with van der Waals surface area (Å²) in [7, 11) is 0. The summed E-state index contributed by atoms with van der Waals surface area (Å²) in [4.78, 5) is 4.00. The van der Waals surface area contributed by atoms with E-state index in [0.717, 1.165) is 5.56 Å². The number of nitrogens with zero attached hydrogens (tertiary/aromatic N) is 1. The maximum atomic E-state index is 9.13. The fourth-order valence-electron chi connectivity index (χ4n) is 1.13. The Morgan fingerprint density at radius 3 is 2.93 bits per heavy atom. The smallest absolute Gasteiger partial charge is 0.0895 e. The van der Waals surface area contributed by atoms with E-state index in [1.54, 1.807) is 12.4 Å². The second kappa shape index (κ2) is 5.70. The molecule has 0 unspecified atom stereocenters. The van der Waals surface area contributed by atoms with Crippen LogP contribution in [-0.4, -0.2) is 34.5 Å². The van der Waals surface area contributed by atoms with Crippen molar-refractivity contribution in [2.45, 2.75) is 19.1 Å². The minimum absolute atomic E-state index is 0.130. The van der Waals surface area contributed by atoms with Gasteiger partial charge in [-0.25, -0.2) is 0 Å². The quantitative estimate of drug-likeness (QED) is 0.624. The zero-order valence-corrected chi connectivity index (χ0v) is 8.22. The summed E-state index contributed by atoms with van der Waals surface area (Å²) in [6.45, 7) is 2.15. The topological polar surface area (TPSA) is 65.4 Å². The van der Waals surface area contributed by atoms with Gasteiger partial charge >= 0.3 is 0 Å². The van der Waals surface area contributed by atoms with Crippen LogP contribution >= 0.6 is 0 Å². The summed E-state index contributed by atoms with van der Waals surface area (Å²) in [6.07, 6.45) is 2.80. The maximum absolute atomic E-state index is 9.13. The molecule has 0 fully saturated rings. The molecule has 0 radical (unpaired) electrons. The minimum atomic E-state index is -0.700. The molecule has 0 saturated carbocycles. The van der Waals surface area contributed by atoms with Crippen LogP contribution in [0.25, 0.3) is 0 Å². The summed E-state index contributed by atoms with van der Waals surface area (Å²) < 4.78 is 0. The van der Waals surface area contributed by atoms with Gasteiger partial charge in [0.2, 0.25) is 0 Å². The number of rotatable bonds is 5. The molecular weight excluding hydrogens is 180 g/mol. The molecule has 0 spiro atoms. The second-order valence-electron chi connectivity index (χ2n) is 3.25. The van der Waals surface area contributed by atoms with E-state index >= 15 is 0 Å². The lowest BCUT2D eigenvalue weighted by Gasteiger charge is -2.15. The summed E-state index contributed by atoms with van der Waals surface area (Å²) in [5.41, 5.74) is 1.07. The highest BCUT2D eigenvalue weighted by Crippen LogP contribution is 2.09. The van der Waals surface area contributed by atoms with Crippen LogP contribution in [0.4, 0.5) is 0 Å². The average Bonchev–Trinajstić information content (AvgIpc) is 2.26. The molecular formula is C10H16N2O2. The van der Waals surface area contributed by atoms with Gasteiger partial charge < -0.3 is 15.5 Å². The van der Waals surface area contributed by atoms with Crippen molar-refractivity contribution in [3.05, 3.63) is 30.1 Å². The Bertz CT molecular complexity index is 254. The van der Waals surface area contributed by atoms with Gasteiger partial charge in [0.25, 0.3) is 0 Å². The summed E-state index contributed by atoms with van der Waals surface area (Å²) >= 11 is 0. The number of hydrogen-bond donors (Lipinski definition) is 3. The molecule has 1 aromatic rings. The lowest BCUT2D eigenvalue weighted by atomic mass is 10.1. The number of hydrogen-bond acceptors (Lipinski definition) is 4. The van der Waals surface area contributed by atoms with Crippen LogP contribution in [0.5, 0.6) is 0 Å². The molecule has 4 heteroatoms. The molecule has 3 N–H and O–H groups in total. The van der Waals surface area contributed by atoms with Crippen molar-refractivity contribution in [1.29, 1.82) is 0 Å². The van der Waals surface area contributed by atoms with Crippen molar-refractivity contribution in [2.24, 2.45) is 0 Å². The van der Waals surface area contributed by atoms with Gasteiger partial charge in [-0.15, -0.1) is 0 Å². The molecule has 0 saturated heterocycles. The Morgan fingerprint density at radius 1 is 1.57 bits per heavy atom. The Kier molecular flexibility index (Phi) is 4.52. The fraction of sp³-hybridized carbons (Fsp3) is 0.500. The van der Waals surface area contributed by atoms with Crippen LogP contribution in [0.15, 0.2) is 24.5 Å². The number of pyridine rings is 1. The molecule has 0 bridgehead atoms. The monoisotopic (exact) mass is 196 g/mol. The Balaban J connectivity index is 2.39. The Hall–Kier alpha value is -0.970. The highest BCUT2D eigenvalue weighted by atomic mass is 16.3. The summed E-state index contributed by atoms with van der Waals surface area (Å²) in [5, 5.41) is 20.8. The third kappa shape index (κ3) is 3.41. The highest BCUT2D eigenvalue weighted by Gasteiger charge is 2.07. The highest BCUT2D eigenvalue weighted by molar-refractivity contribution is 5.12. The number of aliphatic hydroxyl groups excluding tert-OH is 2. The van der Waals surface area contributed by atoms with E-state index in [0.29, 0.717) is 6.54 Å². The van der Waals surface area contributed by atoms with Crippen LogP contribution in [0.1, 0.15) is 18.5 Å². The first-order valence-electron chi connectivity index (χ1n) is 4.66. The van der Waals surface area contributed by atoms with Crippen LogP contribution in [0.3, 0.4) is 0 Å². The lowest BCUT2D eigenvalue weighted by molar-refractivity contribution is 0.0924. The first kappa shape index (κ1) is 11.1. The van der Waals surface area contributed by atoms with E-state index in [9.17, 15) is 0 Å². The van der Waals surface area contributed by atoms with Gasteiger partial charge in [-0.05, 0) is 18.6 Å². The fourth-order valence-corrected chi connectivity index (χ4v) is 1.13. The number of nitrogens with one attached hydrogen (secondary N) is 1. The Labute approximate surface area is 83.6 Å². The lowest BCUT2D eigenvalue weighted by Crippen LogP contribution is -2.31. The van der Waals surface area contributed by atoms with Gasteiger partial charge in [-0.1, -0.05) is 6.07 Å². The SMILES string of the molecule is C[C@@H](NC[C@H](O)CO)c1cccnc1. The molecule has 78 valence electrons. The zero-order valence-electron chi connectivity index (χ0n) is 8.22. The predicted molar refractivity (Wildman–Crippen MR) is 53.7 cm³/mol. The van der Waals surface area contributed by atoms with Crippen LogP contribution in [0.2, 0.25) is 0 Å². The maximum Gasteiger partial charge on any atom is 0.0895 e. The van der Waals surface area contributed by atoms with Crippen molar-refractivity contribution in [2.75, 3.05) is 13.2 Å². The van der Waals surface area contributed by atoms with E-state index in [-0.39, 0.29) is 12.6 Å². The van der Waals surface area contributed by atoms with Crippen LogP contribution in [-0.2, 0) is 0 Å². The Morgan fingerprint density at radius 2 is 2.36 bits per heavy atom. The molecule has 1 aromatic heterocycles. The molecule has 2 atom stereocenters. The van der Waals surface area contributed by atoms with Gasteiger partial charge in [0.15, 0.2) is 0 Å². The normalized spacial score (nSPS) is 15.1. The van der Waals surface area contributed by atoms with Crippen LogP contribution in [0, 0.1) is 0 Å². The predicted octanol–water partition coefficient (Wildman–Crippen LogP) is 0.0854. The largest absolute Gasteiger partial charge is 0.394 e. The third-order valence-electron chi connectivity index (χ3n) is 2.05. The van der Waals surface area contributed by atoms with Crippen molar-refractivity contribution in [3.8, 4) is 0 Å². The molecule has 4 nitrogen and oxygen atoms in total. The molecule has 0 aliphatic heterocycles. The minimum Gasteiger partial charge on any atom is -0.394 e. The summed E-state index contributed by atoms with van der Waals surface area (Å²) in [6, 6.07) is 3.97. The molecule has 0 amide bonds. The standard InChI is InChI=1S/C10H16N2O2/c1-8(12-6-10(14)7-13)9-3-2-4-11-5-9/h2-5,8,10,12-14H,6-7H2,1H3/t8-,10+/m1/s1. The van der Waals surface area contributed by atoms with Crippen molar-refractivity contribution in [1.82, 2.24) is 10.3 Å². The first-order valence-corrected chi connectivity index (χ1v) is 4.66. The number of aliphatic hydroxyl groups is 2. The third-order valence-corrected chi connectivity index (χ3v) is 2.05.